The molecule has 9 nitrogen and oxygen atoms in total. The Morgan fingerprint density at radius 3 is 2.96 bits per heavy atom. The summed E-state index contributed by atoms with van der Waals surface area (Å²) in [5, 5.41) is 20.0. The largest absolute Gasteiger partial charge is 0.391 e. The van der Waals surface area contributed by atoms with Gasteiger partial charge in [-0.1, -0.05) is 5.92 Å². The average molecular weight is 337 g/mol. The van der Waals surface area contributed by atoms with Crippen LogP contribution in [-0.4, -0.2) is 53.7 Å². The third-order valence-electron chi connectivity index (χ3n) is 3.88. The molecule has 1 aliphatic heterocycles. The Kier molecular flexibility index (Phi) is 3.79. The van der Waals surface area contributed by atoms with Crippen LogP contribution < -0.4 is 11.3 Å². The number of aromatic amines is 1. The molecule has 0 bridgehead atoms. The molecule has 0 radical (unpaired) electrons. The number of nitrogens with two attached hydrogens (primary N) is 1. The summed E-state index contributed by atoms with van der Waals surface area (Å²) >= 11 is 0. The van der Waals surface area contributed by atoms with Crippen molar-refractivity contribution in [2.45, 2.75) is 44.1 Å². The van der Waals surface area contributed by atoms with E-state index >= 15 is 4.39 Å². The normalized spacial score (nSPS) is 31.0. The summed E-state index contributed by atoms with van der Waals surface area (Å²) in [6, 6.07) is 0. The van der Waals surface area contributed by atoms with E-state index in [0.717, 1.165) is 10.9 Å². The number of nitrogen functional groups attached to an aromatic ring is 1. The molecular weight excluding hydrogens is 321 g/mol. The lowest BCUT2D eigenvalue weighted by molar-refractivity contribution is -0.0776. The Hall–Kier alpha value is -2.48. The van der Waals surface area contributed by atoms with Crippen molar-refractivity contribution < 1.29 is 19.3 Å². The van der Waals surface area contributed by atoms with Gasteiger partial charge in [0, 0.05) is 0 Å². The standard InChI is InChI=1S/C14H16FN5O4/c1-3-4-14(15)9(22)8(6(2)21)24-12(14)20-5-17-7-10(20)18-13(16)19-11(7)23/h5-6,8-9,12,21-22H,1-2H3,(H3,16,18,19,23)/t6-,8+,9?,12+,14+/m0/s1. The van der Waals surface area contributed by atoms with Gasteiger partial charge in [-0.2, -0.15) is 4.98 Å². The van der Waals surface area contributed by atoms with Crippen molar-refractivity contribution >= 4 is 17.1 Å². The highest BCUT2D eigenvalue weighted by Crippen LogP contribution is 2.43. The Labute approximate surface area is 135 Å². The Morgan fingerprint density at radius 1 is 1.62 bits per heavy atom. The molecule has 24 heavy (non-hydrogen) atoms. The van der Waals surface area contributed by atoms with Gasteiger partial charge < -0.3 is 20.7 Å². The molecule has 1 aliphatic rings. The predicted molar refractivity (Wildman–Crippen MR) is 81.4 cm³/mol. The van der Waals surface area contributed by atoms with Crippen LogP contribution in [0.1, 0.15) is 20.1 Å². The van der Waals surface area contributed by atoms with Crippen LogP contribution in [0.3, 0.4) is 0 Å². The second kappa shape index (κ2) is 5.55. The molecule has 10 heteroatoms. The molecule has 5 N–H and O–H groups in total. The molecule has 3 heterocycles. The molecule has 2 aromatic rings. The first-order chi connectivity index (χ1) is 11.3. The van der Waals surface area contributed by atoms with Crippen molar-refractivity contribution in [2.75, 3.05) is 5.73 Å². The highest BCUT2D eigenvalue weighted by Gasteiger charge is 2.59. The van der Waals surface area contributed by atoms with Gasteiger partial charge >= 0.3 is 0 Å². The number of rotatable bonds is 2. The van der Waals surface area contributed by atoms with Crippen LogP contribution in [0.15, 0.2) is 11.1 Å². The first-order valence-electron chi connectivity index (χ1n) is 7.16. The number of nitrogens with zero attached hydrogens (tertiary/aromatic N) is 3. The number of hydrogen-bond acceptors (Lipinski definition) is 7. The number of aromatic nitrogens is 4. The fraction of sp³-hybridized carbons (Fsp3) is 0.500. The van der Waals surface area contributed by atoms with Gasteiger partial charge in [0.2, 0.25) is 11.6 Å². The van der Waals surface area contributed by atoms with E-state index in [-0.39, 0.29) is 17.1 Å². The molecule has 1 unspecified atom stereocenters. The monoisotopic (exact) mass is 337 g/mol. The van der Waals surface area contributed by atoms with Gasteiger partial charge in [0.25, 0.3) is 5.56 Å². The van der Waals surface area contributed by atoms with Gasteiger partial charge in [-0.25, -0.2) is 9.37 Å². The Balaban J connectivity index is 2.20. The van der Waals surface area contributed by atoms with Gasteiger partial charge in [0.1, 0.15) is 12.2 Å². The molecular formula is C14H16FN5O4. The maximum atomic E-state index is 15.4. The molecule has 0 aliphatic carbocycles. The number of anilines is 1. The highest BCUT2D eigenvalue weighted by molar-refractivity contribution is 5.70. The van der Waals surface area contributed by atoms with E-state index in [9.17, 15) is 15.0 Å². The first kappa shape index (κ1) is 16.4. The van der Waals surface area contributed by atoms with E-state index in [2.05, 4.69) is 26.8 Å². The minimum absolute atomic E-state index is 0.0142. The molecule has 128 valence electrons. The SMILES string of the molecule is CC#C[C@@]1(F)C(O)[C@@H]([C@H](C)O)O[C@H]1n1cnc2c(=O)[nH]c(N)nc21. The van der Waals surface area contributed by atoms with E-state index in [4.69, 9.17) is 10.5 Å². The van der Waals surface area contributed by atoms with Crippen LogP contribution in [0.2, 0.25) is 0 Å². The van der Waals surface area contributed by atoms with Crippen molar-refractivity contribution in [1.82, 2.24) is 19.5 Å². The van der Waals surface area contributed by atoms with Crippen molar-refractivity contribution in [3.63, 3.8) is 0 Å². The Morgan fingerprint density at radius 2 is 2.33 bits per heavy atom. The summed E-state index contributed by atoms with van der Waals surface area (Å²) < 4.78 is 22.0. The second-order valence-corrected chi connectivity index (χ2v) is 5.56. The number of alkyl halides is 1. The minimum atomic E-state index is -2.52. The fourth-order valence-electron chi connectivity index (χ4n) is 2.79. The molecule has 3 rings (SSSR count). The summed E-state index contributed by atoms with van der Waals surface area (Å²) in [6.07, 6.45) is -4.36. The molecule has 0 amide bonds. The van der Waals surface area contributed by atoms with Crippen molar-refractivity contribution in [3.05, 3.63) is 16.7 Å². The zero-order valence-electron chi connectivity index (χ0n) is 12.9. The van der Waals surface area contributed by atoms with Crippen molar-refractivity contribution in [3.8, 4) is 11.8 Å². The van der Waals surface area contributed by atoms with E-state index in [1.165, 1.54) is 13.8 Å². The number of aliphatic hydroxyl groups excluding tert-OH is 2. The smallest absolute Gasteiger partial charge is 0.280 e. The van der Waals surface area contributed by atoms with Crippen LogP contribution in [-0.2, 0) is 4.74 Å². The topological polar surface area (TPSA) is 139 Å². The summed E-state index contributed by atoms with van der Waals surface area (Å²) in [5.74, 6) is 4.53. The molecule has 2 aromatic heterocycles. The zero-order chi connectivity index (χ0) is 17.6. The summed E-state index contributed by atoms with van der Waals surface area (Å²) in [6.45, 7) is 2.77. The molecule has 0 spiro atoms. The number of imidazole rings is 1. The second-order valence-electron chi connectivity index (χ2n) is 5.56. The maximum Gasteiger partial charge on any atom is 0.280 e. The first-order valence-corrected chi connectivity index (χ1v) is 7.16. The molecule has 0 aromatic carbocycles. The van der Waals surface area contributed by atoms with Gasteiger partial charge in [0.05, 0.1) is 12.4 Å². The number of H-pyrrole nitrogens is 1. The number of fused-ring (bicyclic) bond motifs is 1. The zero-order valence-corrected chi connectivity index (χ0v) is 12.9. The maximum absolute atomic E-state index is 15.4. The lowest BCUT2D eigenvalue weighted by atomic mass is 9.94. The van der Waals surface area contributed by atoms with Crippen molar-refractivity contribution in [2.24, 2.45) is 0 Å². The Bertz CT molecular complexity index is 898. The number of halogens is 1. The van der Waals surface area contributed by atoms with E-state index in [1.54, 1.807) is 0 Å². The van der Waals surface area contributed by atoms with E-state index in [1.807, 2.05) is 0 Å². The average Bonchev–Trinajstić information content (AvgIpc) is 3.00. The number of nitrogens with one attached hydrogen (secondary N) is 1. The molecule has 1 fully saturated rings. The van der Waals surface area contributed by atoms with Gasteiger partial charge in [-0.15, -0.1) is 5.92 Å². The third-order valence-corrected chi connectivity index (χ3v) is 3.88. The lowest BCUT2D eigenvalue weighted by Gasteiger charge is -2.23. The summed E-state index contributed by atoms with van der Waals surface area (Å²) in [5.41, 5.74) is 2.33. The summed E-state index contributed by atoms with van der Waals surface area (Å²) in [4.78, 5) is 22.0. The summed E-state index contributed by atoms with van der Waals surface area (Å²) in [7, 11) is 0. The van der Waals surface area contributed by atoms with E-state index < -0.39 is 35.8 Å². The van der Waals surface area contributed by atoms with Crippen LogP contribution in [0.5, 0.6) is 0 Å². The van der Waals surface area contributed by atoms with E-state index in [0.29, 0.717) is 0 Å². The number of aliphatic hydroxyl groups is 2. The van der Waals surface area contributed by atoms with Crippen LogP contribution >= 0.6 is 0 Å². The quantitative estimate of drug-likeness (QED) is 0.519. The molecule has 1 saturated heterocycles. The molecule has 0 saturated carbocycles. The van der Waals surface area contributed by atoms with Gasteiger partial charge in [-0.3, -0.25) is 14.3 Å². The number of hydrogen-bond donors (Lipinski definition) is 4. The van der Waals surface area contributed by atoms with Crippen molar-refractivity contribution in [1.29, 1.82) is 0 Å². The highest BCUT2D eigenvalue weighted by atomic mass is 19.1. The fourth-order valence-corrected chi connectivity index (χ4v) is 2.79. The third kappa shape index (κ3) is 2.25. The minimum Gasteiger partial charge on any atom is -0.391 e. The molecule has 5 atom stereocenters. The van der Waals surface area contributed by atoms with Gasteiger partial charge in [0.15, 0.2) is 17.4 Å². The van der Waals surface area contributed by atoms with Gasteiger partial charge in [-0.05, 0) is 13.8 Å². The number of ether oxygens (including phenoxy) is 1. The van der Waals surface area contributed by atoms with Crippen LogP contribution in [0, 0.1) is 11.8 Å². The lowest BCUT2D eigenvalue weighted by Crippen LogP contribution is -2.44. The van der Waals surface area contributed by atoms with Crippen LogP contribution in [0.4, 0.5) is 10.3 Å². The van der Waals surface area contributed by atoms with Crippen LogP contribution in [0.25, 0.3) is 11.2 Å². The predicted octanol–water partition coefficient (Wildman–Crippen LogP) is -0.928.